The first kappa shape index (κ1) is 41.7. The third-order valence-electron chi connectivity index (χ3n) is 8.34. The van der Waals surface area contributed by atoms with Gasteiger partial charge in [-0.2, -0.15) is 0 Å². The SMILES string of the molecule is CCCCCCCC/C=C\CCCCCCCC(=O)OC(CCCCCCCCC)CCCCCCCC(=O)OC(C)C. The minimum absolute atomic E-state index is 0.00855. The topological polar surface area (TPSA) is 52.6 Å². The van der Waals surface area contributed by atoms with Gasteiger partial charge in [-0.25, -0.2) is 0 Å². The van der Waals surface area contributed by atoms with Crippen LogP contribution in [0.1, 0.15) is 214 Å². The predicted molar refractivity (Wildman–Crippen MR) is 185 cm³/mol. The molecular formula is C39H74O4. The second kappa shape index (κ2) is 33.6. The van der Waals surface area contributed by atoms with E-state index < -0.39 is 0 Å². The van der Waals surface area contributed by atoms with Gasteiger partial charge in [-0.1, -0.05) is 135 Å². The molecule has 0 fully saturated rings. The van der Waals surface area contributed by atoms with Crippen LogP contribution in [0.2, 0.25) is 0 Å². The highest BCUT2D eigenvalue weighted by Crippen LogP contribution is 2.19. The van der Waals surface area contributed by atoms with Crippen molar-refractivity contribution < 1.29 is 19.1 Å². The molecule has 0 radical (unpaired) electrons. The molecule has 0 bridgehead atoms. The van der Waals surface area contributed by atoms with E-state index in [1.807, 2.05) is 13.8 Å². The van der Waals surface area contributed by atoms with Crippen molar-refractivity contribution >= 4 is 11.9 Å². The van der Waals surface area contributed by atoms with Gasteiger partial charge in [0.1, 0.15) is 6.10 Å². The molecule has 4 heteroatoms. The molecule has 254 valence electrons. The summed E-state index contributed by atoms with van der Waals surface area (Å²) in [6.07, 6.45) is 38.7. The van der Waals surface area contributed by atoms with E-state index >= 15 is 0 Å². The Morgan fingerprint density at radius 1 is 0.465 bits per heavy atom. The third kappa shape index (κ3) is 33.4. The zero-order chi connectivity index (χ0) is 31.6. The van der Waals surface area contributed by atoms with Crippen LogP contribution in [0.3, 0.4) is 0 Å². The van der Waals surface area contributed by atoms with Crippen LogP contribution in [0.25, 0.3) is 0 Å². The van der Waals surface area contributed by atoms with Gasteiger partial charge in [0, 0.05) is 12.8 Å². The molecule has 0 saturated carbocycles. The molecule has 0 aromatic carbocycles. The molecule has 0 aromatic rings. The largest absolute Gasteiger partial charge is 0.463 e. The Morgan fingerprint density at radius 3 is 1.23 bits per heavy atom. The van der Waals surface area contributed by atoms with Crippen molar-refractivity contribution in [2.45, 2.75) is 226 Å². The monoisotopic (exact) mass is 607 g/mol. The van der Waals surface area contributed by atoms with Crippen LogP contribution in [0.4, 0.5) is 0 Å². The van der Waals surface area contributed by atoms with Crippen LogP contribution in [0, 0.1) is 0 Å². The molecule has 0 spiro atoms. The average Bonchev–Trinajstić information content (AvgIpc) is 2.97. The van der Waals surface area contributed by atoms with Gasteiger partial charge in [-0.15, -0.1) is 0 Å². The van der Waals surface area contributed by atoms with Crippen molar-refractivity contribution in [2.24, 2.45) is 0 Å². The minimum Gasteiger partial charge on any atom is -0.463 e. The maximum absolute atomic E-state index is 12.6. The maximum atomic E-state index is 12.6. The standard InChI is InChI=1S/C39H74O4/c1-5-7-9-11-13-14-15-16-17-18-19-20-22-26-31-35-39(41)43-37(32-28-24-21-12-10-8-6-2)33-29-25-23-27-30-34-38(40)42-36(3)4/h16-17,36-37H,5-15,18-35H2,1-4H3/b17-16-. The van der Waals surface area contributed by atoms with Crippen LogP contribution >= 0.6 is 0 Å². The lowest BCUT2D eigenvalue weighted by atomic mass is 10.0. The molecule has 0 saturated heterocycles. The Bertz CT molecular complexity index is 627. The van der Waals surface area contributed by atoms with Crippen LogP contribution in [0.5, 0.6) is 0 Å². The lowest BCUT2D eigenvalue weighted by Crippen LogP contribution is -2.18. The molecule has 0 aromatic heterocycles. The molecule has 43 heavy (non-hydrogen) atoms. The lowest BCUT2D eigenvalue weighted by Gasteiger charge is -2.18. The van der Waals surface area contributed by atoms with Gasteiger partial charge in [-0.3, -0.25) is 9.59 Å². The number of rotatable bonds is 33. The van der Waals surface area contributed by atoms with Crippen molar-refractivity contribution in [3.8, 4) is 0 Å². The molecule has 0 N–H and O–H groups in total. The number of hydrogen-bond acceptors (Lipinski definition) is 4. The number of ether oxygens (including phenoxy) is 2. The fourth-order valence-corrected chi connectivity index (χ4v) is 5.67. The highest BCUT2D eigenvalue weighted by molar-refractivity contribution is 5.69. The van der Waals surface area contributed by atoms with E-state index in [0.29, 0.717) is 12.8 Å². The van der Waals surface area contributed by atoms with E-state index in [1.165, 1.54) is 109 Å². The summed E-state index contributed by atoms with van der Waals surface area (Å²) in [4.78, 5) is 24.3. The van der Waals surface area contributed by atoms with E-state index in [0.717, 1.165) is 64.2 Å². The van der Waals surface area contributed by atoms with Crippen molar-refractivity contribution in [3.63, 3.8) is 0 Å². The second-order valence-electron chi connectivity index (χ2n) is 13.2. The summed E-state index contributed by atoms with van der Waals surface area (Å²) in [5.41, 5.74) is 0. The highest BCUT2D eigenvalue weighted by Gasteiger charge is 2.14. The normalized spacial score (nSPS) is 12.3. The minimum atomic E-state index is -0.0806. The number of hydrogen-bond donors (Lipinski definition) is 0. The Kier molecular flexibility index (Phi) is 32.5. The van der Waals surface area contributed by atoms with E-state index in [2.05, 4.69) is 26.0 Å². The average molecular weight is 607 g/mol. The smallest absolute Gasteiger partial charge is 0.306 e. The maximum Gasteiger partial charge on any atom is 0.306 e. The van der Waals surface area contributed by atoms with Gasteiger partial charge in [-0.05, 0) is 78.1 Å². The van der Waals surface area contributed by atoms with Crippen molar-refractivity contribution in [1.29, 1.82) is 0 Å². The summed E-state index contributed by atoms with van der Waals surface area (Å²) in [6.45, 7) is 8.32. The summed E-state index contributed by atoms with van der Waals surface area (Å²) >= 11 is 0. The third-order valence-corrected chi connectivity index (χ3v) is 8.34. The highest BCUT2D eigenvalue weighted by atomic mass is 16.5. The van der Waals surface area contributed by atoms with E-state index in [1.54, 1.807) is 0 Å². The molecule has 0 aliphatic carbocycles. The number of carbonyl (C=O) groups is 2. The lowest BCUT2D eigenvalue weighted by molar-refractivity contribution is -0.150. The van der Waals surface area contributed by atoms with Gasteiger partial charge < -0.3 is 9.47 Å². The van der Waals surface area contributed by atoms with Crippen LogP contribution in [-0.2, 0) is 19.1 Å². The van der Waals surface area contributed by atoms with Gasteiger partial charge in [0.2, 0.25) is 0 Å². The van der Waals surface area contributed by atoms with E-state index in [4.69, 9.17) is 9.47 Å². The zero-order valence-corrected chi connectivity index (χ0v) is 29.4. The van der Waals surface area contributed by atoms with Gasteiger partial charge in [0.15, 0.2) is 0 Å². The first-order chi connectivity index (χ1) is 21.0. The first-order valence-corrected chi connectivity index (χ1v) is 19.0. The number of esters is 2. The molecule has 0 aliphatic rings. The van der Waals surface area contributed by atoms with E-state index in [9.17, 15) is 9.59 Å². The summed E-state index contributed by atoms with van der Waals surface area (Å²) in [5, 5.41) is 0. The summed E-state index contributed by atoms with van der Waals surface area (Å²) in [7, 11) is 0. The van der Waals surface area contributed by atoms with Crippen molar-refractivity contribution in [1.82, 2.24) is 0 Å². The molecule has 0 rings (SSSR count). The number of allylic oxidation sites excluding steroid dienone is 2. The molecule has 1 atom stereocenters. The van der Waals surface area contributed by atoms with Crippen molar-refractivity contribution in [2.75, 3.05) is 0 Å². The molecule has 0 heterocycles. The fourth-order valence-electron chi connectivity index (χ4n) is 5.67. The summed E-state index contributed by atoms with van der Waals surface area (Å²) in [5.74, 6) is -0.0721. The molecule has 1 unspecified atom stereocenters. The zero-order valence-electron chi connectivity index (χ0n) is 29.4. The Balaban J connectivity index is 4.03. The fraction of sp³-hybridized carbons (Fsp3) is 0.897. The van der Waals surface area contributed by atoms with Gasteiger partial charge >= 0.3 is 11.9 Å². The molecule has 0 amide bonds. The molecular weight excluding hydrogens is 532 g/mol. The summed E-state index contributed by atoms with van der Waals surface area (Å²) < 4.78 is 11.2. The Hall–Kier alpha value is -1.32. The second-order valence-corrected chi connectivity index (χ2v) is 13.2. The van der Waals surface area contributed by atoms with Crippen molar-refractivity contribution in [3.05, 3.63) is 12.2 Å². The Labute approximate surface area is 268 Å². The molecule has 4 nitrogen and oxygen atoms in total. The quantitative estimate of drug-likeness (QED) is 0.0423. The number of unbranched alkanes of at least 4 members (excludes halogenated alkanes) is 21. The summed E-state index contributed by atoms with van der Waals surface area (Å²) in [6, 6.07) is 0. The van der Waals surface area contributed by atoms with Crippen LogP contribution < -0.4 is 0 Å². The van der Waals surface area contributed by atoms with E-state index in [-0.39, 0.29) is 24.1 Å². The van der Waals surface area contributed by atoms with Crippen LogP contribution in [0.15, 0.2) is 12.2 Å². The van der Waals surface area contributed by atoms with Gasteiger partial charge in [0.05, 0.1) is 6.10 Å². The predicted octanol–water partition coefficient (Wildman–Crippen LogP) is 12.8. The Morgan fingerprint density at radius 2 is 0.814 bits per heavy atom. The first-order valence-electron chi connectivity index (χ1n) is 19.0. The van der Waals surface area contributed by atoms with Crippen LogP contribution in [-0.4, -0.2) is 24.1 Å². The molecule has 0 aliphatic heterocycles. The van der Waals surface area contributed by atoms with Gasteiger partial charge in [0.25, 0.3) is 0 Å². The number of carbonyl (C=O) groups excluding carboxylic acids is 2.